The van der Waals surface area contributed by atoms with Crippen LogP contribution in [-0.2, 0) is 9.59 Å². The molecule has 8 heteroatoms. The molecule has 1 heterocycles. The highest BCUT2D eigenvalue weighted by Crippen LogP contribution is 2.30. The van der Waals surface area contributed by atoms with Gasteiger partial charge < -0.3 is 19.9 Å². The van der Waals surface area contributed by atoms with E-state index in [1.165, 1.54) is 0 Å². The van der Waals surface area contributed by atoms with Gasteiger partial charge in [-0.25, -0.2) is 0 Å². The van der Waals surface area contributed by atoms with E-state index in [1.54, 1.807) is 18.9 Å². The van der Waals surface area contributed by atoms with E-state index in [9.17, 15) is 9.59 Å². The molecule has 2 atom stereocenters. The molecule has 0 spiro atoms. The number of aliphatic carboxylic acids is 1. The molecule has 0 fully saturated rings. The number of carboxylic acid groups (broad SMARTS) is 1. The number of likely N-dealkylation sites (N-methyl/N-ethyl adjacent to an activating group) is 1. The Hall–Kier alpha value is -1.99. The van der Waals surface area contributed by atoms with E-state index in [1.807, 2.05) is 24.3 Å². The fourth-order valence-corrected chi connectivity index (χ4v) is 2.19. The van der Waals surface area contributed by atoms with Gasteiger partial charge in [0.1, 0.15) is 12.7 Å². The van der Waals surface area contributed by atoms with E-state index in [0.29, 0.717) is 31.2 Å². The summed E-state index contributed by atoms with van der Waals surface area (Å²) in [5.41, 5.74) is 0. The summed E-state index contributed by atoms with van der Waals surface area (Å²) in [5.74, 6) is 0.331. The van der Waals surface area contributed by atoms with E-state index in [-0.39, 0.29) is 30.8 Å². The third-order valence-electron chi connectivity index (χ3n) is 3.79. The van der Waals surface area contributed by atoms with E-state index in [4.69, 9.17) is 14.6 Å². The van der Waals surface area contributed by atoms with Gasteiger partial charge in [0.05, 0.1) is 19.0 Å². The van der Waals surface area contributed by atoms with Gasteiger partial charge in [-0.05, 0) is 26.1 Å². The lowest BCUT2D eigenvalue weighted by atomic mass is 10.2. The summed E-state index contributed by atoms with van der Waals surface area (Å²) in [6, 6.07) is 6.99. The SMILES string of the molecule is CC(C(=O)NCC1COc2ccccc2O1)N(C)CCC(=O)O.Cl. The molecule has 1 aliphatic rings. The molecule has 7 nitrogen and oxygen atoms in total. The summed E-state index contributed by atoms with van der Waals surface area (Å²) in [6.07, 6.45) is -0.241. The van der Waals surface area contributed by atoms with Crippen LogP contribution in [0.1, 0.15) is 13.3 Å². The summed E-state index contributed by atoms with van der Waals surface area (Å²) < 4.78 is 11.4. The van der Waals surface area contributed by atoms with Crippen LogP contribution in [0.2, 0.25) is 0 Å². The molecule has 0 aromatic heterocycles. The maximum absolute atomic E-state index is 12.1. The number of nitrogens with one attached hydrogen (secondary N) is 1. The summed E-state index contributed by atoms with van der Waals surface area (Å²) in [5, 5.41) is 11.5. The van der Waals surface area contributed by atoms with Crippen molar-refractivity contribution in [2.24, 2.45) is 0 Å². The Labute approximate surface area is 147 Å². The number of ether oxygens (including phenoxy) is 2. The molecule has 1 aliphatic heterocycles. The highest BCUT2D eigenvalue weighted by molar-refractivity contribution is 5.85. The van der Waals surface area contributed by atoms with Crippen LogP contribution in [0.4, 0.5) is 0 Å². The standard InChI is InChI=1S/C16H22N2O5.ClH/c1-11(18(2)8-7-15(19)20)16(21)17-9-12-10-22-13-5-3-4-6-14(13)23-12;/h3-6,11-12H,7-10H2,1-2H3,(H,17,21)(H,19,20);1H. The fourth-order valence-electron chi connectivity index (χ4n) is 2.19. The highest BCUT2D eigenvalue weighted by atomic mass is 35.5. The van der Waals surface area contributed by atoms with Crippen LogP contribution in [0.25, 0.3) is 0 Å². The van der Waals surface area contributed by atoms with Gasteiger partial charge in [0, 0.05) is 6.54 Å². The predicted molar refractivity (Wildman–Crippen MR) is 91.0 cm³/mol. The first-order valence-corrected chi connectivity index (χ1v) is 7.55. The van der Waals surface area contributed by atoms with Crippen LogP contribution in [0, 0.1) is 0 Å². The number of para-hydroxylation sites is 2. The maximum Gasteiger partial charge on any atom is 0.304 e. The Kier molecular flexibility index (Phi) is 7.81. The first kappa shape index (κ1) is 20.1. The molecular formula is C16H23ClN2O5. The Morgan fingerprint density at radius 2 is 2.04 bits per heavy atom. The molecule has 0 bridgehead atoms. The minimum absolute atomic E-state index is 0. The lowest BCUT2D eigenvalue weighted by Crippen LogP contribution is -2.48. The van der Waals surface area contributed by atoms with Crippen LogP contribution < -0.4 is 14.8 Å². The molecule has 24 heavy (non-hydrogen) atoms. The second kappa shape index (κ2) is 9.34. The van der Waals surface area contributed by atoms with Crippen molar-refractivity contribution in [3.63, 3.8) is 0 Å². The summed E-state index contributed by atoms with van der Waals surface area (Å²) in [6.45, 7) is 2.77. The van der Waals surface area contributed by atoms with Gasteiger partial charge in [-0.2, -0.15) is 0 Å². The van der Waals surface area contributed by atoms with Crippen LogP contribution in [0.3, 0.4) is 0 Å². The van der Waals surface area contributed by atoms with Crippen molar-refractivity contribution in [2.45, 2.75) is 25.5 Å². The summed E-state index contributed by atoms with van der Waals surface area (Å²) in [7, 11) is 1.73. The topological polar surface area (TPSA) is 88.1 Å². The van der Waals surface area contributed by atoms with Crippen LogP contribution in [0.5, 0.6) is 11.5 Å². The van der Waals surface area contributed by atoms with Crippen molar-refractivity contribution in [1.29, 1.82) is 0 Å². The quantitative estimate of drug-likeness (QED) is 0.760. The second-order valence-corrected chi connectivity index (χ2v) is 5.54. The summed E-state index contributed by atoms with van der Waals surface area (Å²) in [4.78, 5) is 24.4. The molecule has 1 aromatic rings. The number of carboxylic acids is 1. The van der Waals surface area contributed by atoms with Crippen molar-refractivity contribution >= 4 is 24.3 Å². The number of nitrogens with zero attached hydrogens (tertiary/aromatic N) is 1. The molecule has 2 unspecified atom stereocenters. The number of carbonyl (C=O) groups excluding carboxylic acids is 1. The Bertz CT molecular complexity index is 569. The highest BCUT2D eigenvalue weighted by Gasteiger charge is 2.23. The van der Waals surface area contributed by atoms with E-state index in [2.05, 4.69) is 5.32 Å². The zero-order valence-corrected chi connectivity index (χ0v) is 14.5. The van der Waals surface area contributed by atoms with Gasteiger partial charge in [0.15, 0.2) is 11.5 Å². The fraction of sp³-hybridized carbons (Fsp3) is 0.500. The predicted octanol–water partition coefficient (Wildman–Crippen LogP) is 1.16. The second-order valence-electron chi connectivity index (χ2n) is 5.54. The lowest BCUT2D eigenvalue weighted by molar-refractivity contribution is -0.138. The van der Waals surface area contributed by atoms with Crippen LogP contribution in [-0.4, -0.2) is 60.8 Å². The van der Waals surface area contributed by atoms with Gasteiger partial charge in [0.2, 0.25) is 5.91 Å². The largest absolute Gasteiger partial charge is 0.486 e. The third-order valence-corrected chi connectivity index (χ3v) is 3.79. The van der Waals surface area contributed by atoms with E-state index < -0.39 is 12.0 Å². The average Bonchev–Trinajstić information content (AvgIpc) is 2.56. The molecule has 1 amide bonds. The number of benzene rings is 1. The van der Waals surface area contributed by atoms with Gasteiger partial charge in [0.25, 0.3) is 0 Å². The Balaban J connectivity index is 0.00000288. The van der Waals surface area contributed by atoms with Crippen molar-refractivity contribution in [3.8, 4) is 11.5 Å². The van der Waals surface area contributed by atoms with Crippen molar-refractivity contribution in [3.05, 3.63) is 24.3 Å². The Morgan fingerprint density at radius 1 is 1.38 bits per heavy atom. The zero-order chi connectivity index (χ0) is 16.8. The van der Waals surface area contributed by atoms with Gasteiger partial charge >= 0.3 is 5.97 Å². The zero-order valence-electron chi connectivity index (χ0n) is 13.7. The number of hydrogen-bond donors (Lipinski definition) is 2. The number of carbonyl (C=O) groups is 2. The number of amides is 1. The molecule has 0 saturated carbocycles. The third kappa shape index (κ3) is 5.58. The van der Waals surface area contributed by atoms with E-state index >= 15 is 0 Å². The average molecular weight is 359 g/mol. The number of hydrogen-bond acceptors (Lipinski definition) is 5. The van der Waals surface area contributed by atoms with Gasteiger partial charge in [-0.15, -0.1) is 12.4 Å². The first-order valence-electron chi connectivity index (χ1n) is 7.55. The monoisotopic (exact) mass is 358 g/mol. The van der Waals surface area contributed by atoms with Gasteiger partial charge in [-0.3, -0.25) is 14.5 Å². The van der Waals surface area contributed by atoms with Crippen LogP contribution in [0.15, 0.2) is 24.3 Å². The lowest BCUT2D eigenvalue weighted by Gasteiger charge is -2.28. The molecule has 0 aliphatic carbocycles. The first-order chi connectivity index (χ1) is 11.0. The Morgan fingerprint density at radius 3 is 2.71 bits per heavy atom. The number of fused-ring (bicyclic) bond motifs is 1. The number of halogens is 1. The van der Waals surface area contributed by atoms with Gasteiger partial charge in [-0.1, -0.05) is 12.1 Å². The van der Waals surface area contributed by atoms with Crippen molar-refractivity contribution < 1.29 is 24.2 Å². The molecule has 134 valence electrons. The molecule has 0 radical (unpaired) electrons. The molecule has 2 N–H and O–H groups in total. The van der Waals surface area contributed by atoms with Crippen molar-refractivity contribution in [2.75, 3.05) is 26.7 Å². The summed E-state index contributed by atoms with van der Waals surface area (Å²) >= 11 is 0. The van der Waals surface area contributed by atoms with Crippen molar-refractivity contribution in [1.82, 2.24) is 10.2 Å². The minimum Gasteiger partial charge on any atom is -0.486 e. The normalized spacial score (nSPS) is 16.9. The minimum atomic E-state index is -0.879. The molecule has 2 rings (SSSR count). The number of rotatable bonds is 7. The smallest absolute Gasteiger partial charge is 0.304 e. The maximum atomic E-state index is 12.1. The molecule has 0 saturated heterocycles. The molecule has 1 aromatic carbocycles. The van der Waals surface area contributed by atoms with E-state index in [0.717, 1.165) is 0 Å². The molecular weight excluding hydrogens is 336 g/mol. The van der Waals surface area contributed by atoms with Crippen LogP contribution >= 0.6 is 12.4 Å².